The molecule has 0 saturated heterocycles. The van der Waals surface area contributed by atoms with Gasteiger partial charge >= 0.3 is 0 Å². The maximum Gasteiger partial charge on any atom is 0.257 e. The highest BCUT2D eigenvalue weighted by Gasteiger charge is 2.46. The highest BCUT2D eigenvalue weighted by molar-refractivity contribution is 7.01. The first kappa shape index (κ1) is 25.6. The Morgan fingerprint density at radius 3 is 1.90 bits per heavy atom. The monoisotopic (exact) mass is 623 g/mol. The highest BCUT2D eigenvalue weighted by atomic mass is 16.4. The van der Waals surface area contributed by atoms with Crippen LogP contribution in [0.15, 0.2) is 162 Å². The lowest BCUT2D eigenvalue weighted by Gasteiger charge is -2.42. The fraction of sp³-hybridized carbons (Fsp3) is 0. The van der Waals surface area contributed by atoms with Crippen molar-refractivity contribution in [1.29, 1.82) is 0 Å². The third kappa shape index (κ3) is 3.11. The number of fused-ring (bicyclic) bond motifs is 13. The van der Waals surface area contributed by atoms with Gasteiger partial charge in [0.05, 0.1) is 22.2 Å². The lowest BCUT2D eigenvalue weighted by atomic mass is 9.33. The number of para-hydroxylation sites is 5. The van der Waals surface area contributed by atoms with E-state index in [9.17, 15) is 0 Å². The molecule has 5 heterocycles. The zero-order chi connectivity index (χ0) is 31.8. The summed E-state index contributed by atoms with van der Waals surface area (Å²) >= 11 is 0. The molecule has 3 aromatic heterocycles. The van der Waals surface area contributed by atoms with Crippen molar-refractivity contribution in [3.05, 3.63) is 158 Å². The molecule has 0 bridgehead atoms. The minimum atomic E-state index is -0.0269. The van der Waals surface area contributed by atoms with E-state index in [4.69, 9.17) is 4.42 Å². The topological polar surface area (TPSA) is 24.0 Å². The molecule has 12 rings (SSSR count). The van der Waals surface area contributed by atoms with Crippen LogP contribution in [-0.2, 0) is 0 Å². The predicted octanol–water partition coefficient (Wildman–Crippen LogP) is 9.67. The molecular weight excluding hydrogens is 597 g/mol. The summed E-state index contributed by atoms with van der Waals surface area (Å²) in [4.78, 5) is 4.85. The molecular formula is C44H26BN3O. The van der Waals surface area contributed by atoms with Crippen molar-refractivity contribution in [3.8, 4) is 0 Å². The van der Waals surface area contributed by atoms with E-state index < -0.39 is 0 Å². The first-order valence-corrected chi connectivity index (χ1v) is 16.9. The van der Waals surface area contributed by atoms with Gasteiger partial charge in [0.1, 0.15) is 5.58 Å². The largest absolute Gasteiger partial charge is 0.440 e. The van der Waals surface area contributed by atoms with Crippen LogP contribution < -0.4 is 26.2 Å². The lowest BCUT2D eigenvalue weighted by Crippen LogP contribution is -2.61. The van der Waals surface area contributed by atoms with E-state index >= 15 is 0 Å². The minimum absolute atomic E-state index is 0.0269. The molecule has 7 aromatic carbocycles. The normalized spacial score (nSPS) is 13.6. The Labute approximate surface area is 282 Å². The fourth-order valence-corrected chi connectivity index (χ4v) is 9.08. The molecule has 0 atom stereocenters. The fourth-order valence-electron chi connectivity index (χ4n) is 9.08. The number of nitrogens with zero attached hydrogens (tertiary/aromatic N) is 3. The van der Waals surface area contributed by atoms with E-state index in [-0.39, 0.29) is 6.71 Å². The van der Waals surface area contributed by atoms with Crippen molar-refractivity contribution >= 4 is 106 Å². The van der Waals surface area contributed by atoms with Gasteiger partial charge in [0.2, 0.25) is 5.88 Å². The molecule has 0 saturated carbocycles. The summed E-state index contributed by atoms with van der Waals surface area (Å²) in [6.45, 7) is -0.0269. The summed E-state index contributed by atoms with van der Waals surface area (Å²) in [5, 5.41) is 6.30. The van der Waals surface area contributed by atoms with Gasteiger partial charge in [-0.25, -0.2) is 0 Å². The van der Waals surface area contributed by atoms with Crippen LogP contribution in [0.4, 0.5) is 34.3 Å². The van der Waals surface area contributed by atoms with Crippen molar-refractivity contribution < 1.29 is 4.42 Å². The maximum atomic E-state index is 6.87. The van der Waals surface area contributed by atoms with E-state index in [1.54, 1.807) is 0 Å². The molecule has 49 heavy (non-hydrogen) atoms. The predicted molar refractivity (Wildman–Crippen MR) is 205 cm³/mol. The molecule has 0 unspecified atom stereocenters. The number of benzene rings is 7. The Kier molecular flexibility index (Phi) is 4.77. The van der Waals surface area contributed by atoms with Gasteiger partial charge < -0.3 is 13.7 Å². The van der Waals surface area contributed by atoms with Crippen molar-refractivity contribution in [3.63, 3.8) is 0 Å². The van der Waals surface area contributed by atoms with E-state index in [2.05, 4.69) is 172 Å². The quantitative estimate of drug-likeness (QED) is 0.179. The highest BCUT2D eigenvalue weighted by Crippen LogP contribution is 2.49. The summed E-state index contributed by atoms with van der Waals surface area (Å²) in [7, 11) is 0. The number of furan rings is 1. The molecule has 2 aliphatic heterocycles. The molecule has 4 nitrogen and oxygen atoms in total. The van der Waals surface area contributed by atoms with Gasteiger partial charge in [0.25, 0.3) is 6.71 Å². The van der Waals surface area contributed by atoms with Crippen LogP contribution in [0.25, 0.3) is 49.1 Å². The average Bonchev–Trinajstić information content (AvgIpc) is 3.83. The zero-order valence-corrected chi connectivity index (χ0v) is 26.3. The zero-order valence-electron chi connectivity index (χ0n) is 26.3. The smallest absolute Gasteiger partial charge is 0.257 e. The molecule has 0 radical (unpaired) electrons. The summed E-state index contributed by atoms with van der Waals surface area (Å²) < 4.78 is 9.36. The molecule has 5 heteroatoms. The number of hydrogen-bond donors (Lipinski definition) is 0. The molecule has 0 N–H and O–H groups in total. The Hall–Kier alpha value is -6.46. The lowest BCUT2D eigenvalue weighted by molar-refractivity contribution is 0.623. The summed E-state index contributed by atoms with van der Waals surface area (Å²) in [5.41, 5.74) is 14.3. The van der Waals surface area contributed by atoms with Crippen molar-refractivity contribution in [2.45, 2.75) is 0 Å². The number of rotatable bonds is 2. The van der Waals surface area contributed by atoms with Crippen LogP contribution in [0.1, 0.15) is 0 Å². The second-order valence-corrected chi connectivity index (χ2v) is 13.3. The Morgan fingerprint density at radius 1 is 0.449 bits per heavy atom. The van der Waals surface area contributed by atoms with Crippen molar-refractivity contribution in [2.24, 2.45) is 0 Å². The Balaban J connectivity index is 1.28. The van der Waals surface area contributed by atoms with Crippen LogP contribution in [0.5, 0.6) is 0 Å². The number of anilines is 6. The first-order valence-electron chi connectivity index (χ1n) is 16.9. The third-order valence-corrected chi connectivity index (χ3v) is 10.9. The summed E-state index contributed by atoms with van der Waals surface area (Å²) in [6, 6.07) is 57.2. The second kappa shape index (κ2) is 9.12. The SMILES string of the molecule is c1ccc(N2c3cccc4c3B(c3ccc5c(c3N4c3ccccc3)c3cccc4c6ccccc6n5c43)c3c2oc2ccccc32)cc1. The van der Waals surface area contributed by atoms with E-state index in [0.29, 0.717) is 0 Å². The molecule has 0 fully saturated rings. The van der Waals surface area contributed by atoms with E-state index in [1.807, 2.05) is 0 Å². The standard InChI is InChI=1S/C44H26BN3O/c1-3-13-27(14-4-1)46-36-22-12-23-37-41(36)45(40-31-18-8-10-24-38(31)49-44(40)47(37)28-15-5-2-6-16-28)33-25-26-35-39(43(33)46)32-20-11-19-30-29-17-7-9-21-34(29)48(35)42(30)32/h1-26H. The van der Waals surface area contributed by atoms with Crippen LogP contribution in [-0.4, -0.2) is 11.1 Å². The molecule has 10 aromatic rings. The second-order valence-electron chi connectivity index (χ2n) is 13.3. The molecule has 0 amide bonds. The number of hydrogen-bond acceptors (Lipinski definition) is 3. The van der Waals surface area contributed by atoms with Crippen LogP contribution in [0, 0.1) is 0 Å². The molecule has 226 valence electrons. The Bertz CT molecular complexity index is 2960. The average molecular weight is 624 g/mol. The van der Waals surface area contributed by atoms with Crippen LogP contribution in [0.3, 0.4) is 0 Å². The Morgan fingerprint density at radius 2 is 1.08 bits per heavy atom. The first-order chi connectivity index (χ1) is 24.4. The van der Waals surface area contributed by atoms with Gasteiger partial charge in [0, 0.05) is 55.1 Å². The maximum absolute atomic E-state index is 6.87. The van der Waals surface area contributed by atoms with E-state index in [0.717, 1.165) is 33.9 Å². The van der Waals surface area contributed by atoms with Gasteiger partial charge in [-0.2, -0.15) is 0 Å². The van der Waals surface area contributed by atoms with E-state index in [1.165, 1.54) is 65.9 Å². The van der Waals surface area contributed by atoms with Gasteiger partial charge in [-0.3, -0.25) is 4.90 Å². The van der Waals surface area contributed by atoms with Crippen LogP contribution >= 0.6 is 0 Å². The molecule has 0 aliphatic carbocycles. The van der Waals surface area contributed by atoms with Gasteiger partial charge in [0.15, 0.2) is 0 Å². The van der Waals surface area contributed by atoms with Crippen molar-refractivity contribution in [2.75, 3.05) is 9.80 Å². The third-order valence-electron chi connectivity index (χ3n) is 10.9. The summed E-state index contributed by atoms with van der Waals surface area (Å²) in [6.07, 6.45) is 0. The minimum Gasteiger partial charge on any atom is -0.440 e. The van der Waals surface area contributed by atoms with Crippen molar-refractivity contribution in [1.82, 2.24) is 4.40 Å². The van der Waals surface area contributed by atoms with Gasteiger partial charge in [-0.1, -0.05) is 103 Å². The molecule has 2 aliphatic rings. The van der Waals surface area contributed by atoms with Crippen LogP contribution in [0.2, 0.25) is 0 Å². The molecule has 0 spiro atoms. The summed E-state index contributed by atoms with van der Waals surface area (Å²) in [5.74, 6) is 0.890. The van der Waals surface area contributed by atoms with Gasteiger partial charge in [-0.05, 0) is 65.5 Å². The number of aromatic nitrogens is 1. The van der Waals surface area contributed by atoms with Gasteiger partial charge in [-0.15, -0.1) is 0 Å².